The third kappa shape index (κ3) is 4.42. The fraction of sp³-hybridized carbons (Fsp3) is 0.591. The van der Waals surface area contributed by atoms with Gasteiger partial charge in [0.25, 0.3) is 0 Å². The van der Waals surface area contributed by atoms with Gasteiger partial charge in [0.15, 0.2) is 0 Å². The van der Waals surface area contributed by atoms with Crippen molar-refractivity contribution in [1.29, 1.82) is 0 Å². The maximum absolute atomic E-state index is 4.76. The second-order valence-electron chi connectivity index (χ2n) is 8.22. The minimum absolute atomic E-state index is 0.589. The molecular formula is C22H33N5. The highest BCUT2D eigenvalue weighted by Crippen LogP contribution is 2.29. The van der Waals surface area contributed by atoms with Crippen LogP contribution in [0.25, 0.3) is 0 Å². The van der Waals surface area contributed by atoms with Gasteiger partial charge in [-0.25, -0.2) is 4.98 Å². The highest BCUT2D eigenvalue weighted by atomic mass is 15.4. The Morgan fingerprint density at radius 3 is 2.63 bits per heavy atom. The van der Waals surface area contributed by atoms with E-state index < -0.39 is 0 Å². The molecule has 0 saturated carbocycles. The Kier molecular flexibility index (Phi) is 5.91. The van der Waals surface area contributed by atoms with Crippen molar-refractivity contribution < 1.29 is 0 Å². The summed E-state index contributed by atoms with van der Waals surface area (Å²) in [6.45, 7) is 8.72. The highest BCUT2D eigenvalue weighted by Gasteiger charge is 2.35. The SMILES string of the molecule is CCc1nc(CN2CCC(C3NNCC3Cc3ccccc3)CC2)c(C)[nH]1. The lowest BCUT2D eigenvalue weighted by Gasteiger charge is -2.36. The van der Waals surface area contributed by atoms with Gasteiger partial charge in [-0.05, 0) is 56.7 Å². The first-order chi connectivity index (χ1) is 13.2. The van der Waals surface area contributed by atoms with Crippen LogP contribution < -0.4 is 10.9 Å². The van der Waals surface area contributed by atoms with Crippen LogP contribution in [-0.4, -0.2) is 40.5 Å². The van der Waals surface area contributed by atoms with Gasteiger partial charge in [-0.15, -0.1) is 0 Å². The zero-order valence-corrected chi connectivity index (χ0v) is 16.7. The van der Waals surface area contributed by atoms with Crippen LogP contribution in [0.4, 0.5) is 0 Å². The van der Waals surface area contributed by atoms with E-state index in [4.69, 9.17) is 4.98 Å². The molecule has 5 heteroatoms. The zero-order valence-electron chi connectivity index (χ0n) is 16.7. The predicted molar refractivity (Wildman–Crippen MR) is 109 cm³/mol. The lowest BCUT2D eigenvalue weighted by atomic mass is 9.81. The first-order valence-electron chi connectivity index (χ1n) is 10.5. The molecule has 5 nitrogen and oxygen atoms in total. The van der Waals surface area contributed by atoms with Crippen LogP contribution in [-0.2, 0) is 19.4 Å². The van der Waals surface area contributed by atoms with Crippen LogP contribution in [0.3, 0.4) is 0 Å². The molecule has 27 heavy (non-hydrogen) atoms. The molecule has 3 N–H and O–H groups in total. The number of likely N-dealkylation sites (tertiary alicyclic amines) is 1. The van der Waals surface area contributed by atoms with Gasteiger partial charge in [0.1, 0.15) is 5.82 Å². The van der Waals surface area contributed by atoms with Crippen molar-refractivity contribution in [2.45, 2.75) is 52.1 Å². The molecule has 1 aromatic heterocycles. The second kappa shape index (κ2) is 8.55. The molecule has 3 heterocycles. The molecule has 2 aliphatic rings. The fourth-order valence-electron chi connectivity index (χ4n) is 4.74. The lowest BCUT2D eigenvalue weighted by molar-refractivity contribution is 0.143. The van der Waals surface area contributed by atoms with Gasteiger partial charge in [-0.1, -0.05) is 37.3 Å². The van der Waals surface area contributed by atoms with Gasteiger partial charge >= 0.3 is 0 Å². The molecule has 2 unspecified atom stereocenters. The number of aryl methyl sites for hydroxylation is 2. The molecule has 146 valence electrons. The number of aromatic amines is 1. The van der Waals surface area contributed by atoms with Crippen molar-refractivity contribution in [3.05, 3.63) is 53.1 Å². The highest BCUT2D eigenvalue weighted by molar-refractivity contribution is 5.16. The molecule has 0 bridgehead atoms. The lowest BCUT2D eigenvalue weighted by Crippen LogP contribution is -2.44. The van der Waals surface area contributed by atoms with Crippen molar-refractivity contribution in [3.63, 3.8) is 0 Å². The van der Waals surface area contributed by atoms with Gasteiger partial charge < -0.3 is 4.98 Å². The molecule has 2 saturated heterocycles. The van der Waals surface area contributed by atoms with E-state index >= 15 is 0 Å². The molecule has 1 aromatic carbocycles. The first-order valence-corrected chi connectivity index (χ1v) is 10.5. The van der Waals surface area contributed by atoms with E-state index in [2.05, 4.69) is 64.9 Å². The van der Waals surface area contributed by atoms with Crippen molar-refractivity contribution in [1.82, 2.24) is 25.7 Å². The molecule has 2 fully saturated rings. The average molecular weight is 368 g/mol. The number of piperidine rings is 1. The van der Waals surface area contributed by atoms with Crippen LogP contribution in [0.1, 0.15) is 42.5 Å². The maximum atomic E-state index is 4.76. The number of nitrogens with zero attached hydrogens (tertiary/aromatic N) is 2. The number of imidazole rings is 1. The molecule has 0 radical (unpaired) electrons. The average Bonchev–Trinajstić information content (AvgIpc) is 3.30. The van der Waals surface area contributed by atoms with Crippen molar-refractivity contribution in [2.75, 3.05) is 19.6 Å². The van der Waals surface area contributed by atoms with E-state index in [1.807, 2.05) is 0 Å². The van der Waals surface area contributed by atoms with Crippen LogP contribution in [0, 0.1) is 18.8 Å². The first kappa shape index (κ1) is 18.7. The molecule has 0 aliphatic carbocycles. The van der Waals surface area contributed by atoms with E-state index in [0.717, 1.165) is 37.7 Å². The summed E-state index contributed by atoms with van der Waals surface area (Å²) >= 11 is 0. The van der Waals surface area contributed by atoms with Crippen LogP contribution in [0.15, 0.2) is 30.3 Å². The number of H-pyrrole nitrogens is 1. The van der Waals surface area contributed by atoms with Gasteiger partial charge in [-0.3, -0.25) is 15.8 Å². The number of hydrazine groups is 1. The summed E-state index contributed by atoms with van der Waals surface area (Å²) < 4.78 is 0. The maximum Gasteiger partial charge on any atom is 0.106 e. The Bertz CT molecular complexity index is 718. The normalized spacial score (nSPS) is 24.5. The Balaban J connectivity index is 1.31. The molecule has 2 aromatic rings. The molecule has 2 atom stereocenters. The topological polar surface area (TPSA) is 56.0 Å². The Labute approximate surface area is 162 Å². The zero-order chi connectivity index (χ0) is 18.6. The van der Waals surface area contributed by atoms with Crippen LogP contribution in [0.2, 0.25) is 0 Å². The monoisotopic (exact) mass is 367 g/mol. The molecule has 4 rings (SSSR count). The van der Waals surface area contributed by atoms with Gasteiger partial charge in [0, 0.05) is 31.2 Å². The third-order valence-corrected chi connectivity index (χ3v) is 6.36. The van der Waals surface area contributed by atoms with Crippen LogP contribution >= 0.6 is 0 Å². The fourth-order valence-corrected chi connectivity index (χ4v) is 4.74. The second-order valence-corrected chi connectivity index (χ2v) is 8.22. The molecule has 0 spiro atoms. The van der Waals surface area contributed by atoms with E-state index in [0.29, 0.717) is 12.0 Å². The Morgan fingerprint density at radius 1 is 1.15 bits per heavy atom. The summed E-state index contributed by atoms with van der Waals surface area (Å²) in [7, 11) is 0. The standard InChI is InChI=1S/C22H33N5/c1-3-21-24-16(2)20(25-21)15-27-11-9-18(10-12-27)22-19(14-23-26-22)13-17-7-5-4-6-8-17/h4-8,18-19,22-23,26H,3,9-15H2,1-2H3,(H,24,25). The van der Waals surface area contributed by atoms with Crippen molar-refractivity contribution in [3.8, 4) is 0 Å². The minimum atomic E-state index is 0.589. The van der Waals surface area contributed by atoms with E-state index in [-0.39, 0.29) is 0 Å². The smallest absolute Gasteiger partial charge is 0.106 e. The molecule has 2 aliphatic heterocycles. The summed E-state index contributed by atoms with van der Waals surface area (Å²) in [5.41, 5.74) is 10.9. The van der Waals surface area contributed by atoms with Crippen LogP contribution in [0.5, 0.6) is 0 Å². The number of rotatable bonds is 6. The number of nitrogens with one attached hydrogen (secondary N) is 3. The number of hydrogen-bond donors (Lipinski definition) is 3. The van der Waals surface area contributed by atoms with E-state index in [9.17, 15) is 0 Å². The third-order valence-electron chi connectivity index (χ3n) is 6.36. The Morgan fingerprint density at radius 2 is 1.93 bits per heavy atom. The van der Waals surface area contributed by atoms with Gasteiger partial charge in [0.2, 0.25) is 0 Å². The molecule has 0 amide bonds. The number of hydrogen-bond acceptors (Lipinski definition) is 4. The summed E-state index contributed by atoms with van der Waals surface area (Å²) in [6.07, 6.45) is 4.69. The number of aromatic nitrogens is 2. The summed E-state index contributed by atoms with van der Waals surface area (Å²) in [5.74, 6) is 2.56. The predicted octanol–water partition coefficient (Wildman–Crippen LogP) is 2.83. The largest absolute Gasteiger partial charge is 0.346 e. The van der Waals surface area contributed by atoms with Gasteiger partial charge in [0.05, 0.1) is 5.69 Å². The summed E-state index contributed by atoms with van der Waals surface area (Å²) in [6, 6.07) is 11.5. The quantitative estimate of drug-likeness (QED) is 0.735. The minimum Gasteiger partial charge on any atom is -0.346 e. The number of benzene rings is 1. The van der Waals surface area contributed by atoms with Gasteiger partial charge in [-0.2, -0.15) is 0 Å². The van der Waals surface area contributed by atoms with Crippen molar-refractivity contribution >= 4 is 0 Å². The van der Waals surface area contributed by atoms with Crippen molar-refractivity contribution in [2.24, 2.45) is 11.8 Å². The summed E-state index contributed by atoms with van der Waals surface area (Å²) in [5, 5.41) is 0. The summed E-state index contributed by atoms with van der Waals surface area (Å²) in [4.78, 5) is 10.7. The Hall–Kier alpha value is -1.69. The van der Waals surface area contributed by atoms with E-state index in [1.54, 1.807) is 0 Å². The van der Waals surface area contributed by atoms with E-state index in [1.165, 1.54) is 42.9 Å². The molecular weight excluding hydrogens is 334 g/mol.